The summed E-state index contributed by atoms with van der Waals surface area (Å²) in [5.74, 6) is 1.56. The third-order valence-electron chi connectivity index (χ3n) is 6.87. The molecular formula is C26H34N4O2S. The quantitative estimate of drug-likeness (QED) is 0.638. The number of nitriles is 1. The van der Waals surface area contributed by atoms with Gasteiger partial charge in [0.25, 0.3) is 0 Å². The van der Waals surface area contributed by atoms with Gasteiger partial charge in [-0.15, -0.1) is 11.3 Å². The molecule has 1 unspecified atom stereocenters. The Morgan fingerprint density at radius 2 is 1.88 bits per heavy atom. The molecule has 2 aromatic rings. The number of thiophene rings is 1. The van der Waals surface area contributed by atoms with Crippen molar-refractivity contribution in [1.29, 1.82) is 5.26 Å². The van der Waals surface area contributed by atoms with E-state index in [9.17, 15) is 10.1 Å². The number of anilines is 1. The largest absolute Gasteiger partial charge is 0.497 e. The summed E-state index contributed by atoms with van der Waals surface area (Å²) < 4.78 is 5.22. The highest BCUT2D eigenvalue weighted by atomic mass is 32.1. The summed E-state index contributed by atoms with van der Waals surface area (Å²) >= 11 is 1.60. The molecule has 7 heteroatoms. The number of piperazine rings is 1. The van der Waals surface area contributed by atoms with Crippen molar-refractivity contribution < 1.29 is 9.53 Å². The third kappa shape index (κ3) is 6.14. The van der Waals surface area contributed by atoms with Crippen molar-refractivity contribution in [2.24, 2.45) is 5.92 Å². The molecule has 1 saturated heterocycles. The number of ether oxygens (including phenoxy) is 1. The van der Waals surface area contributed by atoms with Gasteiger partial charge in [0, 0.05) is 50.6 Å². The summed E-state index contributed by atoms with van der Waals surface area (Å²) in [6.07, 6.45) is 4.60. The highest BCUT2D eigenvalue weighted by molar-refractivity contribution is 7.16. The second-order valence-electron chi connectivity index (χ2n) is 9.25. The Labute approximate surface area is 201 Å². The average Bonchev–Trinajstić information content (AvgIpc) is 3.18. The molecule has 4 rings (SSSR count). The van der Waals surface area contributed by atoms with Crippen LogP contribution in [-0.4, -0.2) is 62.1 Å². The van der Waals surface area contributed by atoms with Crippen LogP contribution in [0.4, 0.5) is 5.00 Å². The summed E-state index contributed by atoms with van der Waals surface area (Å²) in [4.78, 5) is 18.8. The average molecular weight is 467 g/mol. The molecule has 0 spiro atoms. The normalized spacial score (nSPS) is 19.0. The zero-order valence-corrected chi connectivity index (χ0v) is 20.5. The van der Waals surface area contributed by atoms with Crippen LogP contribution in [0.15, 0.2) is 24.3 Å². The smallest absolute Gasteiger partial charge is 0.226 e. The molecule has 1 N–H and O–H groups in total. The molecule has 1 aliphatic heterocycles. The maximum Gasteiger partial charge on any atom is 0.226 e. The van der Waals surface area contributed by atoms with E-state index >= 15 is 0 Å². The van der Waals surface area contributed by atoms with E-state index in [-0.39, 0.29) is 5.91 Å². The van der Waals surface area contributed by atoms with Crippen molar-refractivity contribution in [3.05, 3.63) is 45.8 Å². The van der Waals surface area contributed by atoms with Crippen molar-refractivity contribution in [2.75, 3.05) is 51.7 Å². The number of hydrogen-bond donors (Lipinski definition) is 1. The predicted molar refractivity (Wildman–Crippen MR) is 133 cm³/mol. The van der Waals surface area contributed by atoms with Crippen LogP contribution in [0.1, 0.15) is 41.3 Å². The van der Waals surface area contributed by atoms with Crippen molar-refractivity contribution in [1.82, 2.24) is 9.80 Å². The van der Waals surface area contributed by atoms with Gasteiger partial charge in [0.05, 0.1) is 12.7 Å². The molecule has 0 saturated carbocycles. The van der Waals surface area contributed by atoms with E-state index in [0.717, 1.165) is 75.7 Å². The summed E-state index contributed by atoms with van der Waals surface area (Å²) in [5.41, 5.74) is 3.19. The van der Waals surface area contributed by atoms with Crippen LogP contribution < -0.4 is 10.1 Å². The van der Waals surface area contributed by atoms with E-state index in [2.05, 4.69) is 40.2 Å². The number of amides is 1. The zero-order chi connectivity index (χ0) is 23.2. The number of methoxy groups -OCH3 is 1. The Morgan fingerprint density at radius 3 is 2.55 bits per heavy atom. The fraction of sp³-hybridized carbons (Fsp3) is 0.538. The summed E-state index contributed by atoms with van der Waals surface area (Å²) in [5, 5.41) is 13.4. The Kier molecular flexibility index (Phi) is 8.02. The van der Waals surface area contributed by atoms with Crippen LogP contribution >= 0.6 is 11.3 Å². The van der Waals surface area contributed by atoms with Gasteiger partial charge in [0.1, 0.15) is 16.8 Å². The lowest BCUT2D eigenvalue weighted by Crippen LogP contribution is -2.47. The first kappa shape index (κ1) is 23.7. The second kappa shape index (κ2) is 11.1. The van der Waals surface area contributed by atoms with Crippen LogP contribution in [0.2, 0.25) is 0 Å². The van der Waals surface area contributed by atoms with E-state index in [0.29, 0.717) is 17.9 Å². The second-order valence-corrected chi connectivity index (χ2v) is 10.4. The van der Waals surface area contributed by atoms with Crippen LogP contribution in [0, 0.1) is 17.2 Å². The molecule has 33 heavy (non-hydrogen) atoms. The zero-order valence-electron chi connectivity index (χ0n) is 19.7. The topological polar surface area (TPSA) is 68.6 Å². The Morgan fingerprint density at radius 1 is 1.18 bits per heavy atom. The lowest BCUT2D eigenvalue weighted by Gasteiger charge is -2.34. The van der Waals surface area contributed by atoms with Gasteiger partial charge in [-0.3, -0.25) is 4.79 Å². The predicted octanol–water partition coefficient (Wildman–Crippen LogP) is 3.94. The van der Waals surface area contributed by atoms with E-state index in [1.165, 1.54) is 16.0 Å². The first-order valence-corrected chi connectivity index (χ1v) is 12.8. The van der Waals surface area contributed by atoms with Crippen LogP contribution in [-0.2, 0) is 24.1 Å². The van der Waals surface area contributed by atoms with Gasteiger partial charge in [-0.25, -0.2) is 0 Å². The minimum Gasteiger partial charge on any atom is -0.497 e. The number of carbonyl (C=O) groups is 1. The van der Waals surface area contributed by atoms with Crippen LogP contribution in [0.3, 0.4) is 0 Å². The highest BCUT2D eigenvalue weighted by Crippen LogP contribution is 2.39. The summed E-state index contributed by atoms with van der Waals surface area (Å²) in [6.45, 7) is 8.13. The molecule has 1 fully saturated rings. The number of nitrogens with one attached hydrogen (secondary N) is 1. The maximum atomic E-state index is 12.6. The van der Waals surface area contributed by atoms with Crippen molar-refractivity contribution in [3.63, 3.8) is 0 Å². The van der Waals surface area contributed by atoms with E-state index in [1.807, 2.05) is 12.1 Å². The molecule has 0 radical (unpaired) electrons. The monoisotopic (exact) mass is 466 g/mol. The van der Waals surface area contributed by atoms with Gasteiger partial charge in [0.2, 0.25) is 5.91 Å². The lowest BCUT2D eigenvalue weighted by atomic mass is 9.89. The summed E-state index contributed by atoms with van der Waals surface area (Å²) in [7, 11) is 1.69. The van der Waals surface area contributed by atoms with Gasteiger partial charge >= 0.3 is 0 Å². The molecule has 1 aromatic heterocycles. The first-order chi connectivity index (χ1) is 16.1. The number of hydrogen-bond acceptors (Lipinski definition) is 6. The van der Waals surface area contributed by atoms with Crippen molar-refractivity contribution in [2.45, 2.75) is 39.0 Å². The van der Waals surface area contributed by atoms with E-state index in [1.54, 1.807) is 18.4 Å². The summed E-state index contributed by atoms with van der Waals surface area (Å²) in [6, 6.07) is 10.6. The first-order valence-electron chi connectivity index (χ1n) is 12.0. The number of benzene rings is 1. The van der Waals surface area contributed by atoms with Gasteiger partial charge < -0.3 is 19.9 Å². The van der Waals surface area contributed by atoms with Gasteiger partial charge in [-0.1, -0.05) is 19.1 Å². The molecule has 0 bridgehead atoms. The molecule has 1 aliphatic carbocycles. The minimum atomic E-state index is 0.0140. The van der Waals surface area contributed by atoms with Gasteiger partial charge in [0.15, 0.2) is 0 Å². The molecule has 2 heterocycles. The minimum absolute atomic E-state index is 0.0140. The SMILES string of the molecule is COc1ccc(CCN2CCN(CCC(=O)Nc3sc4c(c3C#N)CCC(C)C4)CC2)cc1. The molecule has 2 aliphatic rings. The molecular weight excluding hydrogens is 432 g/mol. The maximum absolute atomic E-state index is 12.6. The highest BCUT2D eigenvalue weighted by Gasteiger charge is 2.25. The Bertz CT molecular complexity index is 987. The van der Waals surface area contributed by atoms with E-state index in [4.69, 9.17) is 4.74 Å². The van der Waals surface area contributed by atoms with Gasteiger partial charge in [-0.05, 0) is 54.9 Å². The molecule has 6 nitrogen and oxygen atoms in total. The molecule has 1 amide bonds. The number of rotatable bonds is 8. The Balaban J connectivity index is 1.18. The third-order valence-corrected chi connectivity index (χ3v) is 8.04. The fourth-order valence-corrected chi connectivity index (χ4v) is 6.10. The molecule has 1 atom stereocenters. The standard InChI is InChI=1S/C26H34N4O2S/c1-19-3-8-22-23(18-27)26(33-24(22)17-19)28-25(31)10-12-30-15-13-29(14-16-30)11-9-20-4-6-21(32-2)7-5-20/h4-7,19H,3,8-17H2,1-2H3,(H,28,31). The van der Waals surface area contributed by atoms with Crippen molar-refractivity contribution in [3.8, 4) is 11.8 Å². The van der Waals surface area contributed by atoms with Crippen molar-refractivity contribution >= 4 is 22.2 Å². The lowest BCUT2D eigenvalue weighted by molar-refractivity contribution is -0.116. The molecule has 176 valence electrons. The Hall–Kier alpha value is -2.40. The number of fused-ring (bicyclic) bond motifs is 1. The van der Waals surface area contributed by atoms with Crippen LogP contribution in [0.25, 0.3) is 0 Å². The van der Waals surface area contributed by atoms with E-state index < -0.39 is 0 Å². The van der Waals surface area contributed by atoms with Gasteiger partial charge in [-0.2, -0.15) is 5.26 Å². The van der Waals surface area contributed by atoms with Crippen LogP contribution in [0.5, 0.6) is 5.75 Å². The number of carbonyl (C=O) groups excluding carboxylic acids is 1. The molecule has 1 aromatic carbocycles. The number of nitrogens with zero attached hydrogens (tertiary/aromatic N) is 3. The fourth-order valence-electron chi connectivity index (χ4n) is 4.72.